The van der Waals surface area contributed by atoms with Crippen LogP contribution in [0, 0.1) is 11.8 Å². The summed E-state index contributed by atoms with van der Waals surface area (Å²) in [7, 11) is 3.03. The van der Waals surface area contributed by atoms with E-state index in [1.165, 1.54) is 11.7 Å². The van der Waals surface area contributed by atoms with Crippen LogP contribution in [0.4, 0.5) is 18.9 Å². The van der Waals surface area contributed by atoms with E-state index in [2.05, 4.69) is 32.7 Å². The molecule has 0 bridgehead atoms. The summed E-state index contributed by atoms with van der Waals surface area (Å²) in [5.74, 6) is 6.06. The SMILES string of the molecule is CNC(=O)c1ccc(NCC#Cc2cc3cc(CNC4CCN(CCOCCOCCOCCN)CC4)ccc3n2CC(F)(F)F)c(OC)c1. The number of methoxy groups -OCH3 is 1. The molecule has 11 nitrogen and oxygen atoms in total. The largest absolute Gasteiger partial charge is 0.495 e. The zero-order chi connectivity index (χ0) is 35.8. The number of benzene rings is 2. The second-order valence-corrected chi connectivity index (χ2v) is 11.9. The van der Waals surface area contributed by atoms with Gasteiger partial charge in [-0.15, -0.1) is 0 Å². The van der Waals surface area contributed by atoms with Gasteiger partial charge in [0.2, 0.25) is 0 Å². The lowest BCUT2D eigenvalue weighted by Crippen LogP contribution is -2.43. The van der Waals surface area contributed by atoms with Gasteiger partial charge in [0.25, 0.3) is 5.91 Å². The Balaban J connectivity index is 1.26. The number of hydrogen-bond acceptors (Lipinski definition) is 9. The van der Waals surface area contributed by atoms with Crippen LogP contribution in [-0.4, -0.2) is 114 Å². The number of fused-ring (bicyclic) bond motifs is 1. The molecule has 0 spiro atoms. The number of alkyl halides is 3. The second-order valence-electron chi connectivity index (χ2n) is 11.9. The third kappa shape index (κ3) is 12.5. The van der Waals surface area contributed by atoms with Gasteiger partial charge in [-0.2, -0.15) is 13.2 Å². The molecule has 3 aromatic rings. The number of carbonyl (C=O) groups is 1. The molecule has 0 saturated carbocycles. The highest BCUT2D eigenvalue weighted by molar-refractivity contribution is 5.95. The van der Waals surface area contributed by atoms with Crippen molar-refractivity contribution in [2.75, 3.05) is 91.8 Å². The molecule has 2 aromatic carbocycles. The number of rotatable bonds is 19. The number of carbonyl (C=O) groups excluding carboxylic acids is 1. The molecule has 0 aliphatic carbocycles. The maximum absolute atomic E-state index is 13.6. The molecule has 1 aliphatic heterocycles. The van der Waals surface area contributed by atoms with Crippen LogP contribution in [0.2, 0.25) is 0 Å². The first-order chi connectivity index (χ1) is 24.2. The Morgan fingerprint density at radius 2 is 1.70 bits per heavy atom. The Bertz CT molecular complexity index is 1560. The number of ether oxygens (including phenoxy) is 4. The first-order valence-electron chi connectivity index (χ1n) is 16.9. The van der Waals surface area contributed by atoms with Crippen molar-refractivity contribution in [3.05, 3.63) is 59.3 Å². The Morgan fingerprint density at radius 3 is 2.38 bits per heavy atom. The molecule has 4 rings (SSSR count). The second kappa shape index (κ2) is 20.1. The van der Waals surface area contributed by atoms with Crippen molar-refractivity contribution in [2.24, 2.45) is 5.73 Å². The van der Waals surface area contributed by atoms with Crippen LogP contribution in [0.25, 0.3) is 10.9 Å². The fourth-order valence-corrected chi connectivity index (χ4v) is 5.72. The van der Waals surface area contributed by atoms with Crippen molar-refractivity contribution in [1.82, 2.24) is 20.1 Å². The third-order valence-electron chi connectivity index (χ3n) is 8.32. The summed E-state index contributed by atoms with van der Waals surface area (Å²) < 4.78 is 63.8. The van der Waals surface area contributed by atoms with Crippen molar-refractivity contribution in [3.63, 3.8) is 0 Å². The first-order valence-corrected chi connectivity index (χ1v) is 16.9. The lowest BCUT2D eigenvalue weighted by molar-refractivity contribution is -0.140. The molecule has 1 fully saturated rings. The van der Waals surface area contributed by atoms with Gasteiger partial charge in [-0.1, -0.05) is 12.0 Å². The van der Waals surface area contributed by atoms with E-state index < -0.39 is 12.7 Å². The summed E-state index contributed by atoms with van der Waals surface area (Å²) in [6.07, 6.45) is -2.39. The highest BCUT2D eigenvalue weighted by Gasteiger charge is 2.29. The number of hydrogen-bond donors (Lipinski definition) is 4. The first kappa shape index (κ1) is 39.0. The molecule has 274 valence electrons. The minimum Gasteiger partial charge on any atom is -0.495 e. The van der Waals surface area contributed by atoms with Crippen molar-refractivity contribution in [2.45, 2.75) is 38.1 Å². The Morgan fingerprint density at radius 1 is 0.980 bits per heavy atom. The number of nitrogens with two attached hydrogens (primary N) is 1. The topological polar surface area (TPSA) is 124 Å². The summed E-state index contributed by atoms with van der Waals surface area (Å²) >= 11 is 0. The Hall–Kier alpha value is -3.84. The third-order valence-corrected chi connectivity index (χ3v) is 8.32. The van der Waals surface area contributed by atoms with Crippen LogP contribution in [0.15, 0.2) is 42.5 Å². The summed E-state index contributed by atoms with van der Waals surface area (Å²) in [5.41, 5.74) is 8.19. The monoisotopic (exact) mass is 702 g/mol. The summed E-state index contributed by atoms with van der Waals surface area (Å²) in [6.45, 7) is 6.34. The van der Waals surface area contributed by atoms with Crippen molar-refractivity contribution >= 4 is 22.5 Å². The normalized spacial score (nSPS) is 14.0. The molecule has 14 heteroatoms. The number of amides is 1. The fourth-order valence-electron chi connectivity index (χ4n) is 5.72. The van der Waals surface area contributed by atoms with E-state index in [1.54, 1.807) is 37.4 Å². The van der Waals surface area contributed by atoms with Gasteiger partial charge >= 0.3 is 6.18 Å². The van der Waals surface area contributed by atoms with Crippen LogP contribution >= 0.6 is 0 Å². The van der Waals surface area contributed by atoms with Gasteiger partial charge in [0, 0.05) is 49.2 Å². The van der Waals surface area contributed by atoms with Gasteiger partial charge in [-0.25, -0.2) is 0 Å². The predicted molar refractivity (Wildman–Crippen MR) is 188 cm³/mol. The number of aromatic nitrogens is 1. The maximum Gasteiger partial charge on any atom is 0.406 e. The summed E-state index contributed by atoms with van der Waals surface area (Å²) in [4.78, 5) is 14.3. The Labute approximate surface area is 291 Å². The zero-order valence-electron chi connectivity index (χ0n) is 28.9. The van der Waals surface area contributed by atoms with Gasteiger partial charge in [0.1, 0.15) is 12.3 Å². The Kier molecular flexibility index (Phi) is 15.7. The number of anilines is 1. The summed E-state index contributed by atoms with van der Waals surface area (Å²) in [6, 6.07) is 12.6. The van der Waals surface area contributed by atoms with Crippen LogP contribution in [-0.2, 0) is 27.3 Å². The van der Waals surface area contributed by atoms with Gasteiger partial charge in [0.05, 0.1) is 64.7 Å². The van der Waals surface area contributed by atoms with E-state index in [0.717, 1.165) is 38.0 Å². The standard InChI is InChI=1S/C36H49F3N6O5/c1-41-35(46)28-6-7-32(34(24-28)47-2)42-12-3-4-31-23-29-22-27(5-8-33(29)45(31)26-36(37,38)39)25-43-30-9-13-44(14-10-30)15-17-49-19-21-50-20-18-48-16-11-40/h5-8,22-24,30,42-43H,9-21,25-26,40H2,1-2H3,(H,41,46). The molecule has 50 heavy (non-hydrogen) atoms. The molecule has 0 radical (unpaired) electrons. The molecule has 1 saturated heterocycles. The molecule has 1 aliphatic rings. The number of nitrogens with zero attached hydrogens (tertiary/aromatic N) is 2. The van der Waals surface area contributed by atoms with Crippen LogP contribution in [0.5, 0.6) is 5.75 Å². The van der Waals surface area contributed by atoms with Crippen molar-refractivity contribution in [3.8, 4) is 17.6 Å². The lowest BCUT2D eigenvalue weighted by Gasteiger charge is -2.32. The molecule has 0 unspecified atom stereocenters. The maximum atomic E-state index is 13.6. The molecule has 1 amide bonds. The molecule has 0 atom stereocenters. The lowest BCUT2D eigenvalue weighted by atomic mass is 10.0. The molecule has 1 aromatic heterocycles. The van der Waals surface area contributed by atoms with E-state index in [9.17, 15) is 18.0 Å². The van der Waals surface area contributed by atoms with Crippen molar-refractivity contribution < 1.29 is 36.9 Å². The number of likely N-dealkylation sites (tertiary alicyclic amines) is 1. The predicted octanol–water partition coefficient (Wildman–Crippen LogP) is 3.60. The highest BCUT2D eigenvalue weighted by Crippen LogP contribution is 2.27. The minimum absolute atomic E-state index is 0.158. The average molecular weight is 703 g/mol. The average Bonchev–Trinajstić information content (AvgIpc) is 3.44. The van der Waals surface area contributed by atoms with Gasteiger partial charge in [-0.3, -0.25) is 4.79 Å². The van der Waals surface area contributed by atoms with Crippen LogP contribution < -0.4 is 26.4 Å². The highest BCUT2D eigenvalue weighted by atomic mass is 19.4. The molecule has 2 heterocycles. The van der Waals surface area contributed by atoms with Gasteiger partial charge in [-0.05, 0) is 73.8 Å². The van der Waals surface area contributed by atoms with Gasteiger partial charge in [0.15, 0.2) is 0 Å². The summed E-state index contributed by atoms with van der Waals surface area (Å²) in [5, 5.41) is 10.0. The minimum atomic E-state index is -4.41. The molecular weight excluding hydrogens is 653 g/mol. The number of halogens is 3. The quantitative estimate of drug-likeness (QED) is 0.110. The smallest absolute Gasteiger partial charge is 0.406 e. The van der Waals surface area contributed by atoms with Crippen molar-refractivity contribution in [1.29, 1.82) is 0 Å². The van der Waals surface area contributed by atoms with E-state index in [4.69, 9.17) is 24.7 Å². The van der Waals surface area contributed by atoms with Gasteiger partial charge < -0.3 is 50.1 Å². The number of piperidine rings is 1. The molecule has 5 N–H and O–H groups in total. The van der Waals surface area contributed by atoms with E-state index in [-0.39, 0.29) is 18.1 Å². The number of nitrogens with one attached hydrogen (secondary N) is 3. The van der Waals surface area contributed by atoms with Crippen LogP contribution in [0.3, 0.4) is 0 Å². The van der Waals surface area contributed by atoms with E-state index in [1.807, 2.05) is 12.1 Å². The van der Waals surface area contributed by atoms with Crippen LogP contribution in [0.1, 0.15) is 34.5 Å². The van der Waals surface area contributed by atoms with E-state index >= 15 is 0 Å². The fraction of sp³-hybridized carbons (Fsp3) is 0.528. The van der Waals surface area contributed by atoms with E-state index in [0.29, 0.717) is 86.7 Å². The molecular formula is C36H49F3N6O5. The zero-order valence-corrected chi connectivity index (χ0v) is 28.9.